The molecule has 0 aliphatic rings. The minimum absolute atomic E-state index is 0.179. The summed E-state index contributed by atoms with van der Waals surface area (Å²) in [6.45, 7) is 4.51. The van der Waals surface area contributed by atoms with E-state index in [0.717, 1.165) is 19.4 Å². The van der Waals surface area contributed by atoms with Gasteiger partial charge in [-0.05, 0) is 25.0 Å². The van der Waals surface area contributed by atoms with Gasteiger partial charge in [0.05, 0.1) is 5.75 Å². The number of hydrogen-bond donors (Lipinski definition) is 1. The number of aromatic nitrogens is 1. The maximum atomic E-state index is 11.4. The molecule has 1 heterocycles. The van der Waals surface area contributed by atoms with Crippen molar-refractivity contribution in [1.82, 2.24) is 4.57 Å². The van der Waals surface area contributed by atoms with Gasteiger partial charge in [-0.3, -0.25) is 0 Å². The van der Waals surface area contributed by atoms with Crippen LogP contribution in [0.1, 0.15) is 32.4 Å². The van der Waals surface area contributed by atoms with E-state index < -0.39 is 9.84 Å². The number of sulfone groups is 1. The van der Waals surface area contributed by atoms with E-state index in [2.05, 4.69) is 17.6 Å². The van der Waals surface area contributed by atoms with Crippen LogP contribution in [0.4, 0.5) is 0 Å². The highest BCUT2D eigenvalue weighted by Gasteiger charge is 2.09. The highest BCUT2D eigenvalue weighted by Crippen LogP contribution is 2.08. The predicted molar refractivity (Wildman–Crippen MR) is 75.3 cm³/mol. The van der Waals surface area contributed by atoms with Crippen molar-refractivity contribution in [1.29, 1.82) is 0 Å². The first-order valence-corrected chi connectivity index (χ1v) is 8.40. The van der Waals surface area contributed by atoms with Gasteiger partial charge in [-0.2, -0.15) is 0 Å². The van der Waals surface area contributed by atoms with E-state index in [4.69, 9.17) is 5.73 Å². The molecule has 2 N–H and O–H groups in total. The minimum Gasteiger partial charge on any atom is -0.351 e. The number of hydrogen-bond acceptors (Lipinski definition) is 3. The van der Waals surface area contributed by atoms with Gasteiger partial charge in [-0.25, -0.2) is 8.42 Å². The van der Waals surface area contributed by atoms with E-state index in [1.807, 2.05) is 12.3 Å². The Morgan fingerprint density at radius 1 is 1.39 bits per heavy atom. The minimum atomic E-state index is -2.85. The molecule has 0 amide bonds. The SMILES string of the molecule is CCC(N)Cc1cccn1CCCS(=O)(=O)CC. The van der Waals surface area contributed by atoms with Crippen molar-refractivity contribution in [3.8, 4) is 0 Å². The number of rotatable bonds is 8. The van der Waals surface area contributed by atoms with Crippen molar-refractivity contribution >= 4 is 9.84 Å². The zero-order valence-electron chi connectivity index (χ0n) is 11.3. The molecular weight excluding hydrogens is 248 g/mol. The summed E-state index contributed by atoms with van der Waals surface area (Å²) < 4.78 is 24.9. The number of aryl methyl sites for hydroxylation is 1. The van der Waals surface area contributed by atoms with Crippen molar-refractivity contribution in [3.05, 3.63) is 24.0 Å². The van der Waals surface area contributed by atoms with Crippen LogP contribution in [-0.2, 0) is 22.8 Å². The quantitative estimate of drug-likeness (QED) is 0.781. The zero-order chi connectivity index (χ0) is 13.6. The van der Waals surface area contributed by atoms with Crippen LogP contribution in [0, 0.1) is 0 Å². The summed E-state index contributed by atoms with van der Waals surface area (Å²) in [5, 5.41) is 0. The van der Waals surface area contributed by atoms with E-state index in [9.17, 15) is 8.42 Å². The Morgan fingerprint density at radius 3 is 2.72 bits per heavy atom. The topological polar surface area (TPSA) is 65.1 Å². The molecule has 4 nitrogen and oxygen atoms in total. The van der Waals surface area contributed by atoms with E-state index in [1.54, 1.807) is 6.92 Å². The molecule has 0 bridgehead atoms. The number of nitrogens with zero attached hydrogens (tertiary/aromatic N) is 1. The summed E-state index contributed by atoms with van der Waals surface area (Å²) >= 11 is 0. The van der Waals surface area contributed by atoms with Gasteiger partial charge in [0, 0.05) is 36.7 Å². The summed E-state index contributed by atoms with van der Waals surface area (Å²) in [6.07, 6.45) is 4.47. The molecule has 104 valence electrons. The smallest absolute Gasteiger partial charge is 0.150 e. The summed E-state index contributed by atoms with van der Waals surface area (Å²) in [4.78, 5) is 0. The van der Waals surface area contributed by atoms with E-state index in [1.165, 1.54) is 5.69 Å². The lowest BCUT2D eigenvalue weighted by atomic mass is 10.1. The average molecular weight is 272 g/mol. The molecule has 0 spiro atoms. The van der Waals surface area contributed by atoms with Gasteiger partial charge in [0.25, 0.3) is 0 Å². The Hall–Kier alpha value is -0.810. The maximum Gasteiger partial charge on any atom is 0.150 e. The van der Waals surface area contributed by atoms with Crippen LogP contribution in [0.15, 0.2) is 18.3 Å². The average Bonchev–Trinajstić information content (AvgIpc) is 2.76. The highest BCUT2D eigenvalue weighted by molar-refractivity contribution is 7.91. The summed E-state index contributed by atoms with van der Waals surface area (Å²) in [7, 11) is -2.85. The van der Waals surface area contributed by atoms with E-state index in [-0.39, 0.29) is 17.5 Å². The molecule has 0 aliphatic carbocycles. The van der Waals surface area contributed by atoms with Crippen LogP contribution in [0.2, 0.25) is 0 Å². The van der Waals surface area contributed by atoms with Crippen LogP contribution in [-0.4, -0.2) is 30.5 Å². The normalized spacial score (nSPS) is 13.7. The molecule has 5 heteroatoms. The molecule has 1 rings (SSSR count). The van der Waals surface area contributed by atoms with Gasteiger partial charge in [-0.1, -0.05) is 13.8 Å². The Morgan fingerprint density at radius 2 is 2.11 bits per heavy atom. The first-order valence-electron chi connectivity index (χ1n) is 6.58. The van der Waals surface area contributed by atoms with Crippen LogP contribution < -0.4 is 5.73 Å². The molecule has 0 radical (unpaired) electrons. The highest BCUT2D eigenvalue weighted by atomic mass is 32.2. The fourth-order valence-electron chi connectivity index (χ4n) is 1.87. The monoisotopic (exact) mass is 272 g/mol. The molecule has 0 saturated carbocycles. The van der Waals surface area contributed by atoms with Crippen molar-refractivity contribution in [3.63, 3.8) is 0 Å². The Kier molecular flexibility index (Phi) is 5.88. The molecule has 1 aromatic heterocycles. The summed E-state index contributed by atoms with van der Waals surface area (Å²) in [5.41, 5.74) is 7.14. The second kappa shape index (κ2) is 6.95. The molecule has 18 heavy (non-hydrogen) atoms. The summed E-state index contributed by atoms with van der Waals surface area (Å²) in [5.74, 6) is 0.493. The van der Waals surface area contributed by atoms with Crippen LogP contribution >= 0.6 is 0 Å². The lowest BCUT2D eigenvalue weighted by Gasteiger charge is -2.12. The van der Waals surface area contributed by atoms with Crippen LogP contribution in [0.5, 0.6) is 0 Å². The van der Waals surface area contributed by atoms with Crippen LogP contribution in [0.3, 0.4) is 0 Å². The third-order valence-electron chi connectivity index (χ3n) is 3.21. The van der Waals surface area contributed by atoms with Crippen molar-refractivity contribution in [2.45, 2.75) is 45.7 Å². The Balaban J connectivity index is 2.50. The summed E-state index contributed by atoms with van der Waals surface area (Å²) in [6, 6.07) is 4.23. The van der Waals surface area contributed by atoms with Crippen molar-refractivity contribution in [2.75, 3.05) is 11.5 Å². The molecule has 0 fully saturated rings. The van der Waals surface area contributed by atoms with E-state index in [0.29, 0.717) is 6.42 Å². The Bertz CT molecular complexity index is 451. The predicted octanol–water partition coefficient (Wildman–Crippen LogP) is 1.59. The second-order valence-corrected chi connectivity index (χ2v) is 7.13. The largest absolute Gasteiger partial charge is 0.351 e. The second-order valence-electron chi connectivity index (χ2n) is 4.66. The fraction of sp³-hybridized carbons (Fsp3) is 0.692. The lowest BCUT2D eigenvalue weighted by Crippen LogP contribution is -2.23. The van der Waals surface area contributed by atoms with E-state index >= 15 is 0 Å². The molecular formula is C13H24N2O2S. The van der Waals surface area contributed by atoms with Gasteiger partial charge >= 0.3 is 0 Å². The third kappa shape index (κ3) is 4.82. The van der Waals surface area contributed by atoms with Crippen LogP contribution in [0.25, 0.3) is 0 Å². The standard InChI is InChI=1S/C13H24N2O2S/c1-3-12(14)11-13-7-5-8-15(13)9-6-10-18(16,17)4-2/h5,7-8,12H,3-4,6,9-11,14H2,1-2H3. The molecule has 0 saturated heterocycles. The van der Waals surface area contributed by atoms with Gasteiger partial charge in [0.1, 0.15) is 9.84 Å². The fourth-order valence-corrected chi connectivity index (χ4v) is 2.72. The van der Waals surface area contributed by atoms with Gasteiger partial charge in [0.15, 0.2) is 0 Å². The molecule has 0 aliphatic heterocycles. The maximum absolute atomic E-state index is 11.4. The molecule has 0 aromatic carbocycles. The van der Waals surface area contributed by atoms with Crippen molar-refractivity contribution < 1.29 is 8.42 Å². The molecule has 1 atom stereocenters. The number of nitrogens with two attached hydrogens (primary N) is 1. The first kappa shape index (κ1) is 15.2. The zero-order valence-corrected chi connectivity index (χ0v) is 12.1. The Labute approximate surface area is 110 Å². The molecule has 1 unspecified atom stereocenters. The first-order chi connectivity index (χ1) is 8.48. The van der Waals surface area contributed by atoms with Gasteiger partial charge < -0.3 is 10.3 Å². The third-order valence-corrected chi connectivity index (χ3v) is 5.00. The van der Waals surface area contributed by atoms with Gasteiger partial charge in [0.2, 0.25) is 0 Å². The lowest BCUT2D eigenvalue weighted by molar-refractivity contribution is 0.572. The van der Waals surface area contributed by atoms with Gasteiger partial charge in [-0.15, -0.1) is 0 Å². The molecule has 1 aromatic rings. The van der Waals surface area contributed by atoms with Crippen molar-refractivity contribution in [2.24, 2.45) is 5.73 Å².